The summed E-state index contributed by atoms with van der Waals surface area (Å²) in [7, 11) is 0. The molecule has 2 aromatic carbocycles. The standard InChI is InChI=1S/C13H9ClO2/c14-10-7-5-9(6-8-10)13(16)11-3-1-2-4-12(11)15/h1-8,15H. The fourth-order valence-corrected chi connectivity index (χ4v) is 1.55. The molecule has 0 amide bonds. The van der Waals surface area contributed by atoms with Crippen LogP contribution in [0.1, 0.15) is 15.9 Å². The van der Waals surface area contributed by atoms with E-state index in [1.165, 1.54) is 6.07 Å². The number of phenols is 1. The van der Waals surface area contributed by atoms with Gasteiger partial charge < -0.3 is 5.11 Å². The van der Waals surface area contributed by atoms with Gasteiger partial charge >= 0.3 is 0 Å². The Morgan fingerprint density at radius 3 is 2.25 bits per heavy atom. The number of phenolic OH excluding ortho intramolecular Hbond substituents is 1. The summed E-state index contributed by atoms with van der Waals surface area (Å²) >= 11 is 5.73. The molecule has 16 heavy (non-hydrogen) atoms. The zero-order valence-corrected chi connectivity index (χ0v) is 9.11. The van der Waals surface area contributed by atoms with E-state index in [4.69, 9.17) is 11.6 Å². The molecule has 0 unspecified atom stereocenters. The number of para-hydroxylation sites is 1. The molecule has 0 aromatic heterocycles. The van der Waals surface area contributed by atoms with Crippen LogP contribution >= 0.6 is 11.6 Å². The van der Waals surface area contributed by atoms with E-state index in [1.807, 2.05) is 0 Å². The van der Waals surface area contributed by atoms with E-state index < -0.39 is 0 Å². The quantitative estimate of drug-likeness (QED) is 0.807. The van der Waals surface area contributed by atoms with Gasteiger partial charge in [0.1, 0.15) is 5.75 Å². The minimum atomic E-state index is -0.213. The number of ketones is 1. The van der Waals surface area contributed by atoms with Crippen molar-refractivity contribution in [3.05, 3.63) is 64.7 Å². The molecule has 0 aliphatic rings. The number of carbonyl (C=O) groups excluding carboxylic acids is 1. The van der Waals surface area contributed by atoms with Crippen molar-refractivity contribution in [2.45, 2.75) is 0 Å². The fraction of sp³-hybridized carbons (Fsp3) is 0. The summed E-state index contributed by atoms with van der Waals surface area (Å²) in [6.45, 7) is 0. The van der Waals surface area contributed by atoms with Crippen LogP contribution in [0.2, 0.25) is 5.02 Å². The van der Waals surface area contributed by atoms with Crippen molar-refractivity contribution in [2.75, 3.05) is 0 Å². The summed E-state index contributed by atoms with van der Waals surface area (Å²) in [5.74, 6) is -0.225. The van der Waals surface area contributed by atoms with Gasteiger partial charge in [-0.05, 0) is 36.4 Å². The normalized spacial score (nSPS) is 10.1. The third-order valence-corrected chi connectivity index (χ3v) is 2.51. The molecule has 0 radical (unpaired) electrons. The molecule has 0 bridgehead atoms. The number of halogens is 1. The van der Waals surface area contributed by atoms with E-state index in [-0.39, 0.29) is 11.5 Å². The highest BCUT2D eigenvalue weighted by atomic mass is 35.5. The van der Waals surface area contributed by atoms with E-state index in [0.29, 0.717) is 16.1 Å². The van der Waals surface area contributed by atoms with E-state index in [1.54, 1.807) is 42.5 Å². The highest BCUT2D eigenvalue weighted by Gasteiger charge is 2.12. The molecule has 0 heterocycles. The minimum Gasteiger partial charge on any atom is -0.507 e. The summed E-state index contributed by atoms with van der Waals surface area (Å²) in [6.07, 6.45) is 0. The van der Waals surface area contributed by atoms with Crippen LogP contribution in [0.15, 0.2) is 48.5 Å². The molecule has 2 aromatic rings. The number of carbonyl (C=O) groups is 1. The number of aromatic hydroxyl groups is 1. The van der Waals surface area contributed by atoms with Crippen LogP contribution in [0.5, 0.6) is 5.75 Å². The largest absolute Gasteiger partial charge is 0.507 e. The fourth-order valence-electron chi connectivity index (χ4n) is 1.42. The third kappa shape index (κ3) is 2.07. The molecule has 0 aliphatic carbocycles. The van der Waals surface area contributed by atoms with Gasteiger partial charge in [-0.15, -0.1) is 0 Å². The Kier molecular flexibility index (Phi) is 2.93. The first-order valence-corrected chi connectivity index (χ1v) is 5.14. The van der Waals surface area contributed by atoms with Gasteiger partial charge in [0, 0.05) is 10.6 Å². The van der Waals surface area contributed by atoms with E-state index in [9.17, 15) is 9.90 Å². The summed E-state index contributed by atoms with van der Waals surface area (Å²) in [6, 6.07) is 13.0. The molecule has 0 atom stereocenters. The molecule has 0 fully saturated rings. The van der Waals surface area contributed by atoms with Crippen LogP contribution in [-0.2, 0) is 0 Å². The van der Waals surface area contributed by atoms with E-state index in [2.05, 4.69) is 0 Å². The molecule has 0 saturated carbocycles. The Hall–Kier alpha value is -1.80. The van der Waals surface area contributed by atoms with Crippen LogP contribution in [0, 0.1) is 0 Å². The molecule has 80 valence electrons. The Balaban J connectivity index is 2.40. The van der Waals surface area contributed by atoms with Crippen LogP contribution < -0.4 is 0 Å². The van der Waals surface area contributed by atoms with Crippen molar-refractivity contribution < 1.29 is 9.90 Å². The number of hydrogen-bond donors (Lipinski definition) is 1. The van der Waals surface area contributed by atoms with Gasteiger partial charge in [-0.2, -0.15) is 0 Å². The summed E-state index contributed by atoms with van der Waals surface area (Å²) in [5, 5.41) is 10.1. The van der Waals surface area contributed by atoms with Crippen LogP contribution in [0.25, 0.3) is 0 Å². The van der Waals surface area contributed by atoms with Crippen molar-refractivity contribution >= 4 is 17.4 Å². The SMILES string of the molecule is O=C(c1ccc(Cl)cc1)c1ccccc1O. The second kappa shape index (κ2) is 4.37. The Morgan fingerprint density at radius 1 is 1.00 bits per heavy atom. The molecule has 0 aliphatic heterocycles. The second-order valence-electron chi connectivity index (χ2n) is 3.35. The van der Waals surface area contributed by atoms with Crippen molar-refractivity contribution in [1.82, 2.24) is 0 Å². The second-order valence-corrected chi connectivity index (χ2v) is 3.79. The lowest BCUT2D eigenvalue weighted by Crippen LogP contribution is -2.00. The predicted octanol–water partition coefficient (Wildman–Crippen LogP) is 3.28. The molecule has 1 N–H and O–H groups in total. The molecule has 3 heteroatoms. The van der Waals surface area contributed by atoms with Gasteiger partial charge in [0.15, 0.2) is 5.78 Å². The summed E-state index contributed by atoms with van der Waals surface area (Å²) in [5.41, 5.74) is 0.802. The maximum absolute atomic E-state index is 12.0. The van der Waals surface area contributed by atoms with Gasteiger partial charge in [-0.1, -0.05) is 23.7 Å². The van der Waals surface area contributed by atoms with Crippen LogP contribution in [0.4, 0.5) is 0 Å². The lowest BCUT2D eigenvalue weighted by Gasteiger charge is -2.03. The van der Waals surface area contributed by atoms with Crippen molar-refractivity contribution in [1.29, 1.82) is 0 Å². The number of hydrogen-bond acceptors (Lipinski definition) is 2. The predicted molar refractivity (Wildman–Crippen MR) is 63.0 cm³/mol. The first-order valence-electron chi connectivity index (χ1n) is 4.77. The first kappa shape index (κ1) is 10.7. The minimum absolute atomic E-state index is 0.0116. The van der Waals surface area contributed by atoms with Gasteiger partial charge in [0.05, 0.1) is 5.56 Å². The van der Waals surface area contributed by atoms with Crippen molar-refractivity contribution in [3.63, 3.8) is 0 Å². The average molecular weight is 233 g/mol. The monoisotopic (exact) mass is 232 g/mol. The molecular weight excluding hydrogens is 224 g/mol. The summed E-state index contributed by atoms with van der Waals surface area (Å²) in [4.78, 5) is 12.0. The third-order valence-electron chi connectivity index (χ3n) is 2.26. The van der Waals surface area contributed by atoms with Gasteiger partial charge in [0.25, 0.3) is 0 Å². The summed E-state index contributed by atoms with van der Waals surface area (Å²) < 4.78 is 0. The topological polar surface area (TPSA) is 37.3 Å². The lowest BCUT2D eigenvalue weighted by atomic mass is 10.0. The zero-order chi connectivity index (χ0) is 11.5. The average Bonchev–Trinajstić information content (AvgIpc) is 2.30. The van der Waals surface area contributed by atoms with Crippen LogP contribution in [-0.4, -0.2) is 10.9 Å². The highest BCUT2D eigenvalue weighted by Crippen LogP contribution is 2.20. The van der Waals surface area contributed by atoms with E-state index in [0.717, 1.165) is 0 Å². The first-order chi connectivity index (χ1) is 7.68. The van der Waals surface area contributed by atoms with Gasteiger partial charge in [0.2, 0.25) is 0 Å². The Labute approximate surface area is 98.1 Å². The zero-order valence-electron chi connectivity index (χ0n) is 8.35. The molecule has 0 spiro atoms. The number of benzene rings is 2. The van der Waals surface area contributed by atoms with Crippen molar-refractivity contribution in [3.8, 4) is 5.75 Å². The molecule has 2 nitrogen and oxygen atoms in total. The maximum atomic E-state index is 12.0. The highest BCUT2D eigenvalue weighted by molar-refractivity contribution is 6.30. The Morgan fingerprint density at radius 2 is 1.62 bits per heavy atom. The smallest absolute Gasteiger partial charge is 0.196 e. The lowest BCUT2D eigenvalue weighted by molar-refractivity contribution is 0.103. The van der Waals surface area contributed by atoms with Crippen molar-refractivity contribution in [2.24, 2.45) is 0 Å². The maximum Gasteiger partial charge on any atom is 0.196 e. The molecular formula is C13H9ClO2. The van der Waals surface area contributed by atoms with Gasteiger partial charge in [-0.3, -0.25) is 4.79 Å². The van der Waals surface area contributed by atoms with Gasteiger partial charge in [-0.25, -0.2) is 0 Å². The molecule has 2 rings (SSSR count). The molecule has 0 saturated heterocycles. The van der Waals surface area contributed by atoms with E-state index >= 15 is 0 Å². The van der Waals surface area contributed by atoms with Crippen LogP contribution in [0.3, 0.4) is 0 Å². The Bertz CT molecular complexity index is 518. The number of rotatable bonds is 2.